The molecule has 0 spiro atoms. The van der Waals surface area contributed by atoms with Crippen LogP contribution in [0.2, 0.25) is 0 Å². The molecule has 3 N–H and O–H groups in total. The maximum atomic E-state index is 14.4. The molecule has 1 aliphatic carbocycles. The maximum absolute atomic E-state index is 14.4. The Hall–Kier alpha value is -3.14. The molecule has 0 radical (unpaired) electrons. The molecule has 0 saturated heterocycles. The molecule has 0 aromatic heterocycles. The number of hydrogen-bond acceptors (Lipinski definition) is 6. The van der Waals surface area contributed by atoms with Gasteiger partial charge in [0.1, 0.15) is 29.7 Å². The second-order valence-electron chi connectivity index (χ2n) is 8.94. The molecule has 1 heterocycles. The van der Waals surface area contributed by atoms with Crippen LogP contribution in [0.15, 0.2) is 65.1 Å². The molecule has 1 amide bonds. The number of rotatable bonds is 6. The van der Waals surface area contributed by atoms with Gasteiger partial charge in [0, 0.05) is 22.5 Å². The molecule has 7 nitrogen and oxygen atoms in total. The zero-order valence-corrected chi connectivity index (χ0v) is 21.2. The summed E-state index contributed by atoms with van der Waals surface area (Å²) in [5.41, 5.74) is -1.76. The normalized spacial score (nSPS) is 26.1. The molecule has 1 fully saturated rings. The average Bonchev–Trinajstić information content (AvgIpc) is 3.29. The minimum absolute atomic E-state index is 0.205. The van der Waals surface area contributed by atoms with Crippen LogP contribution in [-0.4, -0.2) is 43.0 Å². The molecule has 5 rings (SSSR count). The largest absolute Gasteiger partial charge is 0.496 e. The number of carbonyl (C=O) groups is 1. The van der Waals surface area contributed by atoms with Crippen molar-refractivity contribution in [2.45, 2.75) is 29.6 Å². The van der Waals surface area contributed by atoms with Crippen LogP contribution in [0.3, 0.4) is 0 Å². The first kappa shape index (κ1) is 24.5. The van der Waals surface area contributed by atoms with Crippen molar-refractivity contribution in [3.63, 3.8) is 0 Å². The lowest BCUT2D eigenvalue weighted by atomic mass is 9.71. The number of carbonyl (C=O) groups excluding carboxylic acids is 1. The van der Waals surface area contributed by atoms with Crippen molar-refractivity contribution >= 4 is 21.8 Å². The molecule has 188 valence electrons. The molecule has 0 bridgehead atoms. The van der Waals surface area contributed by atoms with Crippen molar-refractivity contribution in [2.75, 3.05) is 20.8 Å². The lowest BCUT2D eigenvalue weighted by Gasteiger charge is -2.41. The summed E-state index contributed by atoms with van der Waals surface area (Å²) < 4.78 is 33.1. The van der Waals surface area contributed by atoms with Gasteiger partial charge < -0.3 is 29.7 Å². The smallest absolute Gasteiger partial charge is 0.246 e. The summed E-state index contributed by atoms with van der Waals surface area (Å²) >= 11 is 3.46. The minimum atomic E-state index is -1.85. The van der Waals surface area contributed by atoms with E-state index in [0.717, 1.165) is 4.47 Å². The van der Waals surface area contributed by atoms with Crippen molar-refractivity contribution in [1.29, 1.82) is 0 Å². The molecule has 36 heavy (non-hydrogen) atoms. The third-order valence-electron chi connectivity index (χ3n) is 7.18. The van der Waals surface area contributed by atoms with Gasteiger partial charge >= 0.3 is 0 Å². The Morgan fingerprint density at radius 1 is 1.17 bits per heavy atom. The number of nitrogens with one attached hydrogen (secondary N) is 1. The third kappa shape index (κ3) is 3.48. The highest BCUT2D eigenvalue weighted by atomic mass is 79.9. The second kappa shape index (κ2) is 9.06. The molecule has 1 saturated carbocycles. The fraction of sp³-hybridized carbons (Fsp3) is 0.296. The van der Waals surface area contributed by atoms with Gasteiger partial charge in [-0.05, 0) is 41.8 Å². The molecular weight excluding hydrogens is 533 g/mol. The summed E-state index contributed by atoms with van der Waals surface area (Å²) in [6.45, 7) is -0.754. The summed E-state index contributed by atoms with van der Waals surface area (Å²) in [7, 11) is 2.98. The van der Waals surface area contributed by atoms with Crippen molar-refractivity contribution in [3.05, 3.63) is 87.6 Å². The SMILES string of the molecule is COc1cc(OC)c2c(c1)OC1(c3ccc(Br)cc3)C(c3cccc(F)c3)CC(NC(=O)CO)C21O. The van der Waals surface area contributed by atoms with Crippen LogP contribution in [0.4, 0.5) is 4.39 Å². The van der Waals surface area contributed by atoms with Crippen molar-refractivity contribution in [3.8, 4) is 17.2 Å². The van der Waals surface area contributed by atoms with Crippen LogP contribution in [0, 0.1) is 5.82 Å². The number of ether oxygens (including phenoxy) is 3. The standard InChI is InChI=1S/C27H25BrFNO6/c1-34-19-11-21(35-2)25-22(12-19)36-27(16-6-8-17(28)9-7-16)20(15-4-3-5-18(29)10-15)13-23(26(25,27)33)30-24(32)14-31/h3-12,20,23,31,33H,13-14H2,1-2H3,(H,30,32). The number of methoxy groups -OCH3 is 2. The van der Waals surface area contributed by atoms with Gasteiger partial charge in [0.2, 0.25) is 5.91 Å². The van der Waals surface area contributed by atoms with Crippen molar-refractivity contribution < 1.29 is 33.6 Å². The van der Waals surface area contributed by atoms with E-state index in [1.165, 1.54) is 26.4 Å². The topological polar surface area (TPSA) is 97.2 Å². The van der Waals surface area contributed by atoms with E-state index >= 15 is 0 Å². The summed E-state index contributed by atoms with van der Waals surface area (Å²) in [5, 5.41) is 25.1. The van der Waals surface area contributed by atoms with E-state index < -0.39 is 41.5 Å². The van der Waals surface area contributed by atoms with E-state index in [1.54, 1.807) is 24.3 Å². The van der Waals surface area contributed by atoms with Gasteiger partial charge in [0.15, 0.2) is 11.2 Å². The Morgan fingerprint density at radius 3 is 2.56 bits per heavy atom. The molecule has 3 aromatic rings. The Labute approximate surface area is 215 Å². The molecule has 4 unspecified atom stereocenters. The molecule has 9 heteroatoms. The van der Waals surface area contributed by atoms with E-state index in [9.17, 15) is 19.4 Å². The van der Waals surface area contributed by atoms with Crippen molar-refractivity contribution in [1.82, 2.24) is 5.32 Å². The zero-order chi connectivity index (χ0) is 25.7. The average molecular weight is 558 g/mol. The highest BCUT2D eigenvalue weighted by molar-refractivity contribution is 9.10. The number of benzene rings is 3. The monoisotopic (exact) mass is 557 g/mol. The predicted molar refractivity (Wildman–Crippen MR) is 133 cm³/mol. The highest BCUT2D eigenvalue weighted by Gasteiger charge is 2.74. The third-order valence-corrected chi connectivity index (χ3v) is 7.71. The lowest BCUT2D eigenvalue weighted by molar-refractivity contribution is -0.135. The number of amides is 1. The summed E-state index contributed by atoms with van der Waals surface area (Å²) in [6, 6.07) is 15.8. The second-order valence-corrected chi connectivity index (χ2v) is 9.85. The summed E-state index contributed by atoms with van der Waals surface area (Å²) in [4.78, 5) is 12.4. The predicted octanol–water partition coefficient (Wildman–Crippen LogP) is 3.75. The van der Waals surface area contributed by atoms with Crippen LogP contribution < -0.4 is 19.5 Å². The quantitative estimate of drug-likeness (QED) is 0.427. The lowest BCUT2D eigenvalue weighted by Crippen LogP contribution is -2.56. The van der Waals surface area contributed by atoms with E-state index in [0.29, 0.717) is 33.9 Å². The molecule has 2 aliphatic rings. The number of halogens is 2. The Balaban J connectivity index is 1.84. The Bertz CT molecular complexity index is 1320. The van der Waals surface area contributed by atoms with Crippen molar-refractivity contribution in [2.24, 2.45) is 0 Å². The van der Waals surface area contributed by atoms with Crippen LogP contribution in [0.25, 0.3) is 0 Å². The van der Waals surface area contributed by atoms with E-state index in [4.69, 9.17) is 14.2 Å². The van der Waals surface area contributed by atoms with Gasteiger partial charge in [-0.3, -0.25) is 4.79 Å². The molecular formula is C27H25BrFNO6. The van der Waals surface area contributed by atoms with Gasteiger partial charge in [-0.1, -0.05) is 40.2 Å². The number of aliphatic hydroxyl groups is 2. The van der Waals surface area contributed by atoms with Crippen LogP contribution >= 0.6 is 15.9 Å². The number of hydrogen-bond donors (Lipinski definition) is 3. The maximum Gasteiger partial charge on any atom is 0.246 e. The van der Waals surface area contributed by atoms with Crippen LogP contribution in [-0.2, 0) is 16.0 Å². The molecule has 3 aromatic carbocycles. The van der Waals surface area contributed by atoms with Crippen LogP contribution in [0.1, 0.15) is 29.0 Å². The van der Waals surface area contributed by atoms with Gasteiger partial charge in [-0.25, -0.2) is 4.39 Å². The fourth-order valence-corrected chi connectivity index (χ4v) is 6.02. The van der Waals surface area contributed by atoms with Gasteiger partial charge in [0.05, 0.1) is 25.8 Å². The van der Waals surface area contributed by atoms with Crippen LogP contribution in [0.5, 0.6) is 17.2 Å². The Kier molecular flexibility index (Phi) is 6.18. The zero-order valence-electron chi connectivity index (χ0n) is 19.6. The number of aliphatic hydroxyl groups excluding tert-OH is 1. The number of fused-ring (bicyclic) bond motifs is 3. The molecule has 1 aliphatic heterocycles. The van der Waals surface area contributed by atoms with Gasteiger partial charge in [0.25, 0.3) is 0 Å². The van der Waals surface area contributed by atoms with E-state index in [-0.39, 0.29) is 6.42 Å². The summed E-state index contributed by atoms with van der Waals surface area (Å²) in [5.74, 6) is -0.585. The Morgan fingerprint density at radius 2 is 1.92 bits per heavy atom. The first-order valence-electron chi connectivity index (χ1n) is 11.4. The molecule has 4 atom stereocenters. The minimum Gasteiger partial charge on any atom is -0.496 e. The van der Waals surface area contributed by atoms with Gasteiger partial charge in [-0.2, -0.15) is 0 Å². The first-order chi connectivity index (χ1) is 17.3. The highest BCUT2D eigenvalue weighted by Crippen LogP contribution is 2.68. The van der Waals surface area contributed by atoms with Gasteiger partial charge in [-0.15, -0.1) is 0 Å². The van der Waals surface area contributed by atoms with E-state index in [1.807, 2.05) is 24.3 Å². The summed E-state index contributed by atoms with van der Waals surface area (Å²) in [6.07, 6.45) is 0.205. The van der Waals surface area contributed by atoms with E-state index in [2.05, 4.69) is 21.2 Å². The first-order valence-corrected chi connectivity index (χ1v) is 12.2. The fourth-order valence-electron chi connectivity index (χ4n) is 5.75.